The zero-order valence-electron chi connectivity index (χ0n) is 7.39. The van der Waals surface area contributed by atoms with Crippen LogP contribution in [0, 0.1) is 6.92 Å². The number of ether oxygens (including phenoxy) is 1. The molecule has 0 saturated heterocycles. The Morgan fingerprint density at radius 1 is 1.46 bits per heavy atom. The van der Waals surface area contributed by atoms with Gasteiger partial charge >= 0.3 is 7.32 Å². The molecule has 0 aromatic carbocycles. The summed E-state index contributed by atoms with van der Waals surface area (Å²) in [5.41, 5.74) is 0.564. The summed E-state index contributed by atoms with van der Waals surface area (Å²) in [5, 5.41) is 17.1. The summed E-state index contributed by atoms with van der Waals surface area (Å²) in [6.07, 6.45) is 1.52. The van der Waals surface area contributed by atoms with E-state index in [1.807, 2.05) is 0 Å². The van der Waals surface area contributed by atoms with Crippen LogP contribution in [0.5, 0.6) is 11.5 Å². The van der Waals surface area contributed by atoms with Gasteiger partial charge in [-0.05, 0) is 6.92 Å². The highest BCUT2D eigenvalue weighted by Crippen LogP contribution is 2.21. The van der Waals surface area contributed by atoms with Crippen molar-refractivity contribution in [1.29, 1.82) is 0 Å². The van der Waals surface area contributed by atoms with Crippen molar-refractivity contribution in [1.82, 2.24) is 4.98 Å². The van der Waals surface area contributed by atoms with Crippen LogP contribution in [-0.2, 0) is 0 Å². The van der Waals surface area contributed by atoms with Gasteiger partial charge in [-0.15, -0.1) is 0 Å². The fraction of sp³-hybridized carbons (Fsp3) is 0.286. The fourth-order valence-corrected chi connectivity index (χ4v) is 0.839. The third-order valence-corrected chi connectivity index (χ3v) is 1.48. The highest BCUT2D eigenvalue weighted by atomic mass is 16.6. The summed E-state index contributed by atoms with van der Waals surface area (Å²) >= 11 is 0. The highest BCUT2D eigenvalue weighted by molar-refractivity contribution is 6.33. The summed E-state index contributed by atoms with van der Waals surface area (Å²) in [6, 6.07) is 1.53. The Morgan fingerprint density at radius 2 is 2.15 bits per heavy atom. The van der Waals surface area contributed by atoms with E-state index in [0.29, 0.717) is 11.4 Å². The van der Waals surface area contributed by atoms with E-state index < -0.39 is 7.32 Å². The minimum Gasteiger partial charge on any atom is -0.510 e. The Morgan fingerprint density at radius 3 is 2.69 bits per heavy atom. The Labute approximate surface area is 76.1 Å². The summed E-state index contributed by atoms with van der Waals surface area (Å²) < 4.78 is 9.54. The highest BCUT2D eigenvalue weighted by Gasteiger charge is 2.13. The average molecular weight is 183 g/mol. The van der Waals surface area contributed by atoms with Crippen molar-refractivity contribution in [2.45, 2.75) is 6.92 Å². The van der Waals surface area contributed by atoms with Crippen LogP contribution in [0.15, 0.2) is 12.3 Å². The second-order valence-corrected chi connectivity index (χ2v) is 2.40. The van der Waals surface area contributed by atoms with Crippen LogP contribution in [0.1, 0.15) is 5.69 Å². The number of pyridine rings is 1. The minimum atomic E-state index is -1.84. The topological polar surface area (TPSA) is 71.8 Å². The minimum absolute atomic E-state index is 0.286. The lowest BCUT2D eigenvalue weighted by Crippen LogP contribution is -2.21. The number of hydrogen-bond acceptors (Lipinski definition) is 5. The molecule has 13 heavy (non-hydrogen) atoms. The maximum Gasteiger partial charge on any atom is 0.707 e. The van der Waals surface area contributed by atoms with Gasteiger partial charge in [0.1, 0.15) is 11.5 Å². The lowest BCUT2D eigenvalue weighted by atomic mass is 10.2. The second kappa shape index (κ2) is 4.11. The number of nitrogens with zero attached hydrogens (tertiary/aromatic N) is 1. The van der Waals surface area contributed by atoms with Gasteiger partial charge in [0, 0.05) is 6.07 Å². The van der Waals surface area contributed by atoms with Gasteiger partial charge in [-0.1, -0.05) is 0 Å². The molecular weight excluding hydrogens is 173 g/mol. The predicted octanol–water partition coefficient (Wildman–Crippen LogP) is -0.253. The predicted molar refractivity (Wildman–Crippen MR) is 46.3 cm³/mol. The van der Waals surface area contributed by atoms with E-state index in [1.54, 1.807) is 6.92 Å². The van der Waals surface area contributed by atoms with Crippen LogP contribution in [-0.4, -0.2) is 29.5 Å². The number of hydrogen-bond donors (Lipinski definition) is 2. The molecule has 70 valence electrons. The van der Waals surface area contributed by atoms with Gasteiger partial charge < -0.3 is 19.4 Å². The van der Waals surface area contributed by atoms with Crippen molar-refractivity contribution in [3.8, 4) is 11.5 Å². The molecule has 0 aliphatic carbocycles. The van der Waals surface area contributed by atoms with Crippen LogP contribution < -0.4 is 9.39 Å². The maximum absolute atomic E-state index is 8.56. The molecule has 0 spiro atoms. The number of rotatable bonds is 3. The molecule has 0 bridgehead atoms. The van der Waals surface area contributed by atoms with Crippen molar-refractivity contribution < 1.29 is 19.4 Å². The number of aryl methyl sites for hydroxylation is 1. The Bertz CT molecular complexity index is 292. The van der Waals surface area contributed by atoms with Gasteiger partial charge in [0.2, 0.25) is 0 Å². The van der Waals surface area contributed by atoms with E-state index in [0.717, 1.165) is 0 Å². The Hall–Kier alpha value is -1.27. The van der Waals surface area contributed by atoms with E-state index in [2.05, 4.69) is 9.64 Å². The average Bonchev–Trinajstić information content (AvgIpc) is 2.08. The molecule has 0 aliphatic rings. The molecule has 0 aliphatic heterocycles. The second-order valence-electron chi connectivity index (χ2n) is 2.40. The maximum atomic E-state index is 8.56. The van der Waals surface area contributed by atoms with E-state index in [9.17, 15) is 0 Å². The summed E-state index contributed by atoms with van der Waals surface area (Å²) in [4.78, 5) is 3.93. The van der Waals surface area contributed by atoms with Gasteiger partial charge in [0.15, 0.2) is 0 Å². The molecular formula is C7H10BNO4. The normalized spacial score (nSPS) is 9.54. The van der Waals surface area contributed by atoms with Crippen molar-refractivity contribution >= 4 is 7.32 Å². The first-order valence-electron chi connectivity index (χ1n) is 3.67. The number of methoxy groups -OCH3 is 1. The zero-order chi connectivity index (χ0) is 9.84. The van der Waals surface area contributed by atoms with E-state index in [-0.39, 0.29) is 5.75 Å². The molecule has 0 saturated carbocycles. The van der Waals surface area contributed by atoms with Gasteiger partial charge in [-0.25, -0.2) is 0 Å². The molecule has 1 heterocycles. The first kappa shape index (κ1) is 9.82. The van der Waals surface area contributed by atoms with Crippen molar-refractivity contribution in [2.24, 2.45) is 0 Å². The van der Waals surface area contributed by atoms with Crippen LogP contribution in [0.3, 0.4) is 0 Å². The van der Waals surface area contributed by atoms with Gasteiger partial charge in [-0.2, -0.15) is 0 Å². The summed E-state index contributed by atoms with van der Waals surface area (Å²) in [5.74, 6) is 0.788. The molecule has 0 amide bonds. The molecule has 0 fully saturated rings. The molecule has 1 rings (SSSR count). The van der Waals surface area contributed by atoms with Crippen LogP contribution >= 0.6 is 0 Å². The van der Waals surface area contributed by atoms with Crippen molar-refractivity contribution in [3.05, 3.63) is 18.0 Å². The zero-order valence-corrected chi connectivity index (χ0v) is 7.39. The van der Waals surface area contributed by atoms with E-state index in [4.69, 9.17) is 14.8 Å². The molecule has 2 N–H and O–H groups in total. The standard InChI is InChI=1S/C7H10BNO4/c1-5-7(13-8(10)11)3-6(12-2)4-9-5/h3-4,10-11H,1-2H3. The van der Waals surface area contributed by atoms with E-state index >= 15 is 0 Å². The molecule has 1 aromatic heterocycles. The third kappa shape index (κ3) is 2.60. The molecule has 1 aromatic rings. The largest absolute Gasteiger partial charge is 0.707 e. The smallest absolute Gasteiger partial charge is 0.510 e. The van der Waals surface area contributed by atoms with Gasteiger partial charge in [0.05, 0.1) is 19.0 Å². The monoisotopic (exact) mass is 183 g/mol. The number of aromatic nitrogens is 1. The van der Waals surface area contributed by atoms with Gasteiger partial charge in [-0.3, -0.25) is 4.98 Å². The summed E-state index contributed by atoms with van der Waals surface area (Å²) in [7, 11) is -0.349. The molecule has 6 heteroatoms. The van der Waals surface area contributed by atoms with Crippen LogP contribution in [0.2, 0.25) is 0 Å². The SMILES string of the molecule is COc1cnc(C)c(OB(O)O)c1. The molecule has 0 radical (unpaired) electrons. The van der Waals surface area contributed by atoms with Crippen LogP contribution in [0.25, 0.3) is 0 Å². The Kier molecular flexibility index (Phi) is 3.10. The van der Waals surface area contributed by atoms with Gasteiger partial charge in [0.25, 0.3) is 0 Å². The first-order chi connectivity index (χ1) is 6.13. The van der Waals surface area contributed by atoms with E-state index in [1.165, 1.54) is 19.4 Å². The lowest BCUT2D eigenvalue weighted by Gasteiger charge is -2.08. The van der Waals surface area contributed by atoms with Crippen molar-refractivity contribution in [2.75, 3.05) is 7.11 Å². The first-order valence-corrected chi connectivity index (χ1v) is 3.67. The third-order valence-electron chi connectivity index (χ3n) is 1.48. The molecule has 5 nitrogen and oxygen atoms in total. The molecule has 0 atom stereocenters. The molecule has 0 unspecified atom stereocenters. The van der Waals surface area contributed by atoms with Crippen molar-refractivity contribution in [3.63, 3.8) is 0 Å². The fourth-order valence-electron chi connectivity index (χ4n) is 0.839. The van der Waals surface area contributed by atoms with Crippen LogP contribution in [0.4, 0.5) is 0 Å². The Balaban J connectivity index is 2.90. The lowest BCUT2D eigenvalue weighted by molar-refractivity contribution is 0.286. The quantitative estimate of drug-likeness (QED) is 0.632. The summed E-state index contributed by atoms with van der Waals surface area (Å²) in [6.45, 7) is 1.69.